The molecule has 0 atom stereocenters. The molecular weight excluding hydrogens is 270 g/mol. The lowest BCUT2D eigenvalue weighted by Gasteiger charge is -2.03. The Morgan fingerprint density at radius 2 is 1.90 bits per heavy atom. The lowest BCUT2D eigenvalue weighted by atomic mass is 10.1. The van der Waals surface area contributed by atoms with Gasteiger partial charge in [-0.25, -0.2) is 4.98 Å². The van der Waals surface area contributed by atoms with Crippen molar-refractivity contribution < 1.29 is 0 Å². The van der Waals surface area contributed by atoms with Crippen molar-refractivity contribution in [1.82, 2.24) is 9.38 Å². The quantitative estimate of drug-likeness (QED) is 0.798. The molecule has 3 rings (SSSR count). The highest BCUT2D eigenvalue weighted by Gasteiger charge is 2.12. The van der Waals surface area contributed by atoms with Crippen LogP contribution in [0.15, 0.2) is 42.6 Å². The van der Waals surface area contributed by atoms with Gasteiger partial charge in [-0.2, -0.15) is 0 Å². The highest BCUT2D eigenvalue weighted by molar-refractivity contribution is 6.30. The van der Waals surface area contributed by atoms with E-state index in [4.69, 9.17) is 22.3 Å². The van der Waals surface area contributed by atoms with Crippen molar-refractivity contribution in [2.75, 3.05) is 0 Å². The Morgan fingerprint density at radius 3 is 2.55 bits per heavy atom. The molecule has 1 aromatic carbocycles. The number of nitrogens with two attached hydrogens (primary N) is 1. The predicted octanol–water partition coefficient (Wildman–Crippen LogP) is 3.68. The average molecular weight is 286 g/mol. The molecule has 0 aliphatic carbocycles. The monoisotopic (exact) mass is 285 g/mol. The summed E-state index contributed by atoms with van der Waals surface area (Å²) >= 11 is 6.08. The molecule has 0 saturated carbocycles. The van der Waals surface area contributed by atoms with E-state index in [0.29, 0.717) is 6.54 Å². The Balaban J connectivity index is 2.19. The van der Waals surface area contributed by atoms with Gasteiger partial charge < -0.3 is 10.1 Å². The molecule has 2 N–H and O–H groups in total. The minimum absolute atomic E-state index is 0.557. The van der Waals surface area contributed by atoms with Gasteiger partial charge in [-0.15, -0.1) is 0 Å². The fraction of sp³-hybridized carbons (Fsp3) is 0.188. The van der Waals surface area contributed by atoms with Crippen LogP contribution in [0.4, 0.5) is 0 Å². The van der Waals surface area contributed by atoms with Crippen LogP contribution < -0.4 is 5.73 Å². The van der Waals surface area contributed by atoms with Gasteiger partial charge in [-0.05, 0) is 24.1 Å². The number of fused-ring (bicyclic) bond motifs is 1. The highest BCUT2D eigenvalue weighted by atomic mass is 35.5. The number of hydrogen-bond donors (Lipinski definition) is 1. The maximum atomic E-state index is 6.08. The van der Waals surface area contributed by atoms with Crippen LogP contribution in [0.2, 0.25) is 5.02 Å². The molecule has 2 aromatic heterocycles. The molecule has 0 aliphatic heterocycles. The van der Waals surface area contributed by atoms with Crippen molar-refractivity contribution in [3.8, 4) is 11.3 Å². The van der Waals surface area contributed by atoms with Gasteiger partial charge in [0.15, 0.2) is 0 Å². The Morgan fingerprint density at radius 1 is 1.15 bits per heavy atom. The third-order valence-corrected chi connectivity index (χ3v) is 3.70. The Hall–Kier alpha value is -1.84. The largest absolute Gasteiger partial charge is 0.326 e. The predicted molar refractivity (Wildman–Crippen MR) is 82.9 cm³/mol. The third kappa shape index (κ3) is 2.19. The van der Waals surface area contributed by atoms with E-state index in [1.54, 1.807) is 0 Å². The summed E-state index contributed by atoms with van der Waals surface area (Å²) in [5, 5.41) is 0.717. The minimum atomic E-state index is 0.557. The van der Waals surface area contributed by atoms with Crippen molar-refractivity contribution in [1.29, 1.82) is 0 Å². The zero-order valence-electron chi connectivity index (χ0n) is 11.3. The number of nitrogens with zero attached hydrogens (tertiary/aromatic N) is 2. The first-order chi connectivity index (χ1) is 9.72. The first-order valence-electron chi connectivity index (χ1n) is 6.68. The van der Waals surface area contributed by atoms with Gasteiger partial charge in [0.05, 0.1) is 16.4 Å². The van der Waals surface area contributed by atoms with E-state index >= 15 is 0 Å². The lowest BCUT2D eigenvalue weighted by molar-refractivity contribution is 0.997. The van der Waals surface area contributed by atoms with Crippen LogP contribution >= 0.6 is 11.6 Å². The zero-order chi connectivity index (χ0) is 14.1. The van der Waals surface area contributed by atoms with Gasteiger partial charge in [-0.1, -0.05) is 42.8 Å². The standard InChI is InChI=1S/C16H16ClN3/c1-2-14-16(12-5-3-11(9-18)4-6-12)19-15-8-7-13(17)10-20(14)15/h3-8,10H,2,9,18H2,1H3. The maximum absolute atomic E-state index is 6.08. The molecule has 3 aromatic rings. The molecule has 20 heavy (non-hydrogen) atoms. The van der Waals surface area contributed by atoms with Crippen LogP contribution in [0.25, 0.3) is 16.9 Å². The number of halogens is 1. The number of benzene rings is 1. The molecule has 0 unspecified atom stereocenters. The van der Waals surface area contributed by atoms with E-state index in [2.05, 4.69) is 23.5 Å². The fourth-order valence-corrected chi connectivity index (χ4v) is 2.60. The molecule has 4 heteroatoms. The summed E-state index contributed by atoms with van der Waals surface area (Å²) in [5.41, 5.74) is 11.0. The summed E-state index contributed by atoms with van der Waals surface area (Å²) in [5.74, 6) is 0. The van der Waals surface area contributed by atoms with Crippen molar-refractivity contribution in [3.05, 3.63) is 58.9 Å². The van der Waals surface area contributed by atoms with Gasteiger partial charge in [0.2, 0.25) is 0 Å². The number of aryl methyl sites for hydroxylation is 1. The van der Waals surface area contributed by atoms with E-state index in [0.717, 1.165) is 33.9 Å². The van der Waals surface area contributed by atoms with E-state index < -0.39 is 0 Å². The molecule has 0 spiro atoms. The molecule has 0 amide bonds. The molecule has 0 fully saturated rings. The van der Waals surface area contributed by atoms with Crippen LogP contribution in [0.1, 0.15) is 18.2 Å². The summed E-state index contributed by atoms with van der Waals surface area (Å²) in [6.07, 6.45) is 2.82. The van der Waals surface area contributed by atoms with Gasteiger partial charge in [0.1, 0.15) is 5.65 Å². The second-order valence-electron chi connectivity index (χ2n) is 4.74. The summed E-state index contributed by atoms with van der Waals surface area (Å²) in [6.45, 7) is 2.68. The molecular formula is C16H16ClN3. The van der Waals surface area contributed by atoms with Gasteiger partial charge in [0, 0.05) is 18.3 Å². The van der Waals surface area contributed by atoms with Crippen molar-refractivity contribution >= 4 is 17.2 Å². The van der Waals surface area contributed by atoms with Crippen LogP contribution in [0, 0.1) is 0 Å². The first kappa shape index (κ1) is 13.2. The molecule has 3 nitrogen and oxygen atoms in total. The third-order valence-electron chi connectivity index (χ3n) is 3.48. The van der Waals surface area contributed by atoms with Crippen LogP contribution in [-0.4, -0.2) is 9.38 Å². The van der Waals surface area contributed by atoms with Crippen molar-refractivity contribution in [3.63, 3.8) is 0 Å². The van der Waals surface area contributed by atoms with Crippen LogP contribution in [0.3, 0.4) is 0 Å². The molecule has 102 valence electrons. The summed E-state index contributed by atoms with van der Waals surface area (Å²) in [7, 11) is 0. The first-order valence-corrected chi connectivity index (χ1v) is 7.06. The second kappa shape index (κ2) is 5.27. The normalized spacial score (nSPS) is 11.2. The number of rotatable bonds is 3. The second-order valence-corrected chi connectivity index (χ2v) is 5.17. The molecule has 0 saturated heterocycles. The molecule has 0 bridgehead atoms. The van der Waals surface area contributed by atoms with E-state index in [1.165, 1.54) is 5.69 Å². The van der Waals surface area contributed by atoms with E-state index in [-0.39, 0.29) is 0 Å². The molecule has 0 radical (unpaired) electrons. The van der Waals surface area contributed by atoms with Crippen LogP contribution in [-0.2, 0) is 13.0 Å². The molecule has 2 heterocycles. The topological polar surface area (TPSA) is 43.3 Å². The van der Waals surface area contributed by atoms with Gasteiger partial charge in [-0.3, -0.25) is 0 Å². The lowest BCUT2D eigenvalue weighted by Crippen LogP contribution is -1.96. The number of imidazole rings is 1. The highest BCUT2D eigenvalue weighted by Crippen LogP contribution is 2.26. The van der Waals surface area contributed by atoms with Gasteiger partial charge >= 0.3 is 0 Å². The minimum Gasteiger partial charge on any atom is -0.326 e. The van der Waals surface area contributed by atoms with Crippen molar-refractivity contribution in [2.45, 2.75) is 19.9 Å². The Kier molecular flexibility index (Phi) is 3.47. The number of aromatic nitrogens is 2. The maximum Gasteiger partial charge on any atom is 0.137 e. The van der Waals surface area contributed by atoms with E-state index in [9.17, 15) is 0 Å². The summed E-state index contributed by atoms with van der Waals surface area (Å²) < 4.78 is 2.06. The van der Waals surface area contributed by atoms with Crippen molar-refractivity contribution in [2.24, 2.45) is 5.73 Å². The summed E-state index contributed by atoms with van der Waals surface area (Å²) in [6, 6.07) is 12.1. The Bertz CT molecular complexity index is 744. The van der Waals surface area contributed by atoms with Gasteiger partial charge in [0.25, 0.3) is 0 Å². The smallest absolute Gasteiger partial charge is 0.137 e. The average Bonchev–Trinajstić information content (AvgIpc) is 2.85. The SMILES string of the molecule is CCc1c(-c2ccc(CN)cc2)nc2ccc(Cl)cn12. The molecule has 0 aliphatic rings. The van der Waals surface area contributed by atoms with E-state index in [1.807, 2.05) is 30.5 Å². The van der Waals surface area contributed by atoms with Crippen LogP contribution in [0.5, 0.6) is 0 Å². The number of hydrogen-bond acceptors (Lipinski definition) is 2. The zero-order valence-corrected chi connectivity index (χ0v) is 12.1. The summed E-state index contributed by atoms with van der Waals surface area (Å²) in [4.78, 5) is 4.72. The Labute approximate surface area is 123 Å². The number of pyridine rings is 1. The fourth-order valence-electron chi connectivity index (χ4n) is 2.44.